The van der Waals surface area contributed by atoms with E-state index in [0.717, 1.165) is 49.7 Å². The highest BCUT2D eigenvalue weighted by Crippen LogP contribution is 2.42. The maximum Gasteiger partial charge on any atom is 0.256 e. The summed E-state index contributed by atoms with van der Waals surface area (Å²) in [4.78, 5) is 14.2. The third-order valence-electron chi connectivity index (χ3n) is 4.19. The van der Waals surface area contributed by atoms with Gasteiger partial charge in [0.2, 0.25) is 0 Å². The van der Waals surface area contributed by atoms with E-state index in [1.807, 2.05) is 12.2 Å². The second-order valence-corrected chi connectivity index (χ2v) is 5.56. The summed E-state index contributed by atoms with van der Waals surface area (Å²) in [5.41, 5.74) is 0.702. The third-order valence-corrected chi connectivity index (χ3v) is 4.19. The quantitative estimate of drug-likeness (QED) is 0.799. The molecule has 1 amide bonds. The van der Waals surface area contributed by atoms with Crippen molar-refractivity contribution < 1.29 is 9.90 Å². The van der Waals surface area contributed by atoms with Crippen molar-refractivity contribution in [2.24, 2.45) is 0 Å². The van der Waals surface area contributed by atoms with Crippen molar-refractivity contribution in [1.29, 1.82) is 0 Å². The molecule has 1 heterocycles. The van der Waals surface area contributed by atoms with Crippen molar-refractivity contribution in [2.75, 3.05) is 6.54 Å². The van der Waals surface area contributed by atoms with E-state index in [9.17, 15) is 9.90 Å². The first-order valence-corrected chi connectivity index (χ1v) is 7.59. The lowest BCUT2D eigenvalue weighted by Gasteiger charge is -2.36. The van der Waals surface area contributed by atoms with E-state index >= 15 is 0 Å². The van der Waals surface area contributed by atoms with Gasteiger partial charge in [-0.15, -0.1) is 0 Å². The van der Waals surface area contributed by atoms with Crippen molar-refractivity contribution in [3.8, 4) is 0 Å². The monoisotopic (exact) mass is 263 g/mol. The highest BCUT2D eigenvalue weighted by Gasteiger charge is 2.48. The summed E-state index contributed by atoms with van der Waals surface area (Å²) in [6.07, 6.45) is 10.3. The van der Waals surface area contributed by atoms with Gasteiger partial charge in [-0.3, -0.25) is 4.79 Å². The Morgan fingerprint density at radius 2 is 2.05 bits per heavy atom. The van der Waals surface area contributed by atoms with Crippen LogP contribution in [0.5, 0.6) is 0 Å². The average molecular weight is 263 g/mol. The molecule has 1 aliphatic carbocycles. The molecule has 0 aromatic carbocycles. The van der Waals surface area contributed by atoms with Crippen LogP contribution in [-0.2, 0) is 4.79 Å². The van der Waals surface area contributed by atoms with Crippen LogP contribution in [0.4, 0.5) is 0 Å². The molecule has 0 radical (unpaired) electrons. The molecule has 2 rings (SSSR count). The number of hydrogen-bond acceptors (Lipinski definition) is 2. The van der Waals surface area contributed by atoms with Gasteiger partial charge in [-0.1, -0.05) is 38.8 Å². The van der Waals surface area contributed by atoms with Gasteiger partial charge in [0.05, 0.1) is 0 Å². The van der Waals surface area contributed by atoms with E-state index < -0.39 is 5.72 Å². The Balaban J connectivity index is 2.28. The van der Waals surface area contributed by atoms with Gasteiger partial charge in [0.25, 0.3) is 5.91 Å². The van der Waals surface area contributed by atoms with Crippen molar-refractivity contribution >= 4 is 5.91 Å². The molecule has 0 saturated carbocycles. The third kappa shape index (κ3) is 2.48. The number of nitrogens with zero attached hydrogens (tertiary/aromatic N) is 1. The maximum atomic E-state index is 12.5. The highest BCUT2D eigenvalue weighted by atomic mass is 16.3. The summed E-state index contributed by atoms with van der Waals surface area (Å²) in [6.45, 7) is 4.89. The van der Waals surface area contributed by atoms with Gasteiger partial charge in [0.1, 0.15) is 0 Å². The molecule has 0 aromatic heterocycles. The average Bonchev–Trinajstić information content (AvgIpc) is 2.65. The maximum absolute atomic E-state index is 12.5. The van der Waals surface area contributed by atoms with E-state index in [0.29, 0.717) is 13.0 Å². The normalized spacial score (nSPS) is 26.3. The fourth-order valence-electron chi connectivity index (χ4n) is 3.07. The number of hydrogen-bond donors (Lipinski definition) is 1. The number of carbonyl (C=O) groups excluding carboxylic acids is 1. The minimum Gasteiger partial charge on any atom is -0.367 e. The van der Waals surface area contributed by atoms with Crippen LogP contribution in [0, 0.1) is 0 Å². The Morgan fingerprint density at radius 3 is 2.74 bits per heavy atom. The van der Waals surface area contributed by atoms with E-state index in [-0.39, 0.29) is 5.91 Å². The zero-order valence-corrected chi connectivity index (χ0v) is 12.1. The van der Waals surface area contributed by atoms with Crippen molar-refractivity contribution in [1.82, 2.24) is 4.90 Å². The molecule has 3 nitrogen and oxygen atoms in total. The zero-order valence-electron chi connectivity index (χ0n) is 12.1. The molecule has 0 fully saturated rings. The molecule has 106 valence electrons. The highest BCUT2D eigenvalue weighted by molar-refractivity contribution is 6.01. The van der Waals surface area contributed by atoms with Crippen molar-refractivity contribution in [3.05, 3.63) is 23.3 Å². The van der Waals surface area contributed by atoms with Gasteiger partial charge >= 0.3 is 0 Å². The number of unbranched alkanes of at least 4 members (excludes halogenated alkanes) is 2. The lowest BCUT2D eigenvalue weighted by atomic mass is 9.89. The largest absolute Gasteiger partial charge is 0.367 e. The van der Waals surface area contributed by atoms with Crippen LogP contribution in [0.2, 0.25) is 0 Å². The zero-order chi connectivity index (χ0) is 13.9. The molecule has 2 aliphatic rings. The second-order valence-electron chi connectivity index (χ2n) is 5.56. The Bertz CT molecular complexity index is 411. The van der Waals surface area contributed by atoms with Gasteiger partial charge in [0, 0.05) is 12.1 Å². The smallest absolute Gasteiger partial charge is 0.256 e. The van der Waals surface area contributed by atoms with Crippen molar-refractivity contribution in [3.63, 3.8) is 0 Å². The lowest BCUT2D eigenvalue weighted by molar-refractivity contribution is -0.144. The first kappa shape index (κ1) is 14.3. The lowest BCUT2D eigenvalue weighted by Crippen LogP contribution is -2.48. The Labute approximate surface area is 116 Å². The predicted molar refractivity (Wildman–Crippen MR) is 76.5 cm³/mol. The number of carbonyl (C=O) groups is 1. The number of rotatable bonds is 6. The minimum absolute atomic E-state index is 0.0259. The van der Waals surface area contributed by atoms with Gasteiger partial charge < -0.3 is 10.0 Å². The van der Waals surface area contributed by atoms with Crippen LogP contribution in [0.1, 0.15) is 58.8 Å². The Morgan fingerprint density at radius 1 is 1.32 bits per heavy atom. The summed E-state index contributed by atoms with van der Waals surface area (Å²) in [5, 5.41) is 11.1. The van der Waals surface area contributed by atoms with Gasteiger partial charge in [-0.25, -0.2) is 0 Å². The fourth-order valence-corrected chi connectivity index (χ4v) is 3.07. The summed E-state index contributed by atoms with van der Waals surface area (Å²) in [7, 11) is 0. The molecule has 1 atom stereocenters. The second kappa shape index (κ2) is 5.91. The SMILES string of the molecule is CCCCN1C(=O)C2=C(CCC=C2)C1(O)CCCC. The molecule has 0 spiro atoms. The Kier molecular flexibility index (Phi) is 4.46. The van der Waals surface area contributed by atoms with E-state index in [4.69, 9.17) is 0 Å². The Hall–Kier alpha value is -1.09. The van der Waals surface area contributed by atoms with Crippen LogP contribution >= 0.6 is 0 Å². The van der Waals surface area contributed by atoms with Crippen LogP contribution in [0.15, 0.2) is 23.3 Å². The summed E-state index contributed by atoms with van der Waals surface area (Å²) in [6, 6.07) is 0. The van der Waals surface area contributed by atoms with Crippen LogP contribution < -0.4 is 0 Å². The molecule has 1 unspecified atom stereocenters. The van der Waals surface area contributed by atoms with E-state index in [1.165, 1.54) is 0 Å². The molecule has 1 aliphatic heterocycles. The first-order valence-electron chi connectivity index (χ1n) is 7.59. The van der Waals surface area contributed by atoms with E-state index in [2.05, 4.69) is 13.8 Å². The van der Waals surface area contributed by atoms with Gasteiger partial charge in [-0.2, -0.15) is 0 Å². The summed E-state index contributed by atoms with van der Waals surface area (Å²) in [5.74, 6) is 0.0259. The molecular weight excluding hydrogens is 238 g/mol. The first-order chi connectivity index (χ1) is 9.15. The number of aliphatic hydroxyl groups is 1. The number of allylic oxidation sites excluding steroid dienone is 1. The molecular formula is C16H25NO2. The molecule has 0 aromatic rings. The van der Waals surface area contributed by atoms with E-state index in [1.54, 1.807) is 4.90 Å². The van der Waals surface area contributed by atoms with Crippen LogP contribution in [0.3, 0.4) is 0 Å². The molecule has 3 heteroatoms. The summed E-state index contributed by atoms with van der Waals surface area (Å²) >= 11 is 0. The molecule has 19 heavy (non-hydrogen) atoms. The molecule has 0 saturated heterocycles. The van der Waals surface area contributed by atoms with Crippen LogP contribution in [0.25, 0.3) is 0 Å². The minimum atomic E-state index is -1.01. The topological polar surface area (TPSA) is 40.5 Å². The number of amides is 1. The van der Waals surface area contributed by atoms with Gasteiger partial charge in [-0.05, 0) is 37.7 Å². The predicted octanol–water partition coefficient (Wildman–Crippen LogP) is 3.15. The van der Waals surface area contributed by atoms with Gasteiger partial charge in [0.15, 0.2) is 5.72 Å². The molecule has 0 bridgehead atoms. The standard InChI is InChI=1S/C16H25NO2/c1-3-5-11-16(19)14-10-8-7-9-13(14)15(18)17(16)12-6-4-2/h7,9,19H,3-6,8,10-12H2,1-2H3. The molecule has 1 N–H and O–H groups in total. The van der Waals surface area contributed by atoms with Crippen molar-refractivity contribution in [2.45, 2.75) is 64.5 Å². The summed E-state index contributed by atoms with van der Waals surface area (Å²) < 4.78 is 0. The fraction of sp³-hybridized carbons (Fsp3) is 0.688. The van der Waals surface area contributed by atoms with Crippen LogP contribution in [-0.4, -0.2) is 28.2 Å².